The monoisotopic (exact) mass is 554 g/mol. The van der Waals surface area contributed by atoms with Gasteiger partial charge >= 0.3 is 47.6 Å². The fourth-order valence-electron chi connectivity index (χ4n) is 2.61. The Morgan fingerprint density at radius 3 is 1.17 bits per heavy atom. The maximum absolute atomic E-state index is 14.1. The predicted octanol–water partition coefficient (Wildman–Crippen LogP) is 7.16. The largest absolute Gasteiger partial charge is 0.460 e. The zero-order valence-corrected chi connectivity index (χ0v) is 16.4. The molecule has 0 aliphatic heterocycles. The van der Waals surface area contributed by atoms with Crippen LogP contribution in [-0.2, 0) is 0 Å². The average molecular weight is 554 g/mol. The minimum atomic E-state index is -8.70. The molecule has 1 N–H and O–H groups in total. The van der Waals surface area contributed by atoms with Gasteiger partial charge in [0.15, 0.2) is 0 Å². The van der Waals surface area contributed by atoms with Gasteiger partial charge in [0, 0.05) is 5.92 Å². The summed E-state index contributed by atoms with van der Waals surface area (Å²) in [7, 11) is 0. The summed E-state index contributed by atoms with van der Waals surface area (Å²) in [6.07, 6.45) is -11.9. The molecule has 1 rings (SSSR count). The fraction of sp³-hybridized carbons (Fsp3) is 0.647. The molecule has 0 aliphatic rings. The van der Waals surface area contributed by atoms with Crippen molar-refractivity contribution in [3.05, 3.63) is 35.9 Å². The van der Waals surface area contributed by atoms with Crippen molar-refractivity contribution >= 4 is 0 Å². The summed E-state index contributed by atoms with van der Waals surface area (Å²) in [6.45, 7) is 0.437. The standard InChI is InChI=1S/C17H11F17O/c1-7(8-5-3-2-4-6-8)9(35)10(18,19)11(20,21)12(22,23)13(24,25)14(26,27)15(28,29)16(30,31)17(32,33)34/h2-7,9,35H,1H3. The van der Waals surface area contributed by atoms with Gasteiger partial charge in [-0.25, -0.2) is 0 Å². The minimum absolute atomic E-state index is 0.437. The van der Waals surface area contributed by atoms with Crippen molar-refractivity contribution in [1.29, 1.82) is 0 Å². The molecular formula is C17H11F17O. The first-order valence-electron chi connectivity index (χ1n) is 8.62. The highest BCUT2D eigenvalue weighted by Gasteiger charge is 2.95. The predicted molar refractivity (Wildman–Crippen MR) is 81.5 cm³/mol. The van der Waals surface area contributed by atoms with E-state index >= 15 is 0 Å². The van der Waals surface area contributed by atoms with Crippen LogP contribution in [0.4, 0.5) is 74.6 Å². The van der Waals surface area contributed by atoms with Crippen molar-refractivity contribution in [2.75, 3.05) is 0 Å². The van der Waals surface area contributed by atoms with Gasteiger partial charge in [-0.15, -0.1) is 0 Å². The Morgan fingerprint density at radius 1 is 0.514 bits per heavy atom. The molecule has 1 aromatic carbocycles. The number of alkyl halides is 17. The van der Waals surface area contributed by atoms with Crippen LogP contribution in [0.3, 0.4) is 0 Å². The molecule has 0 bridgehead atoms. The summed E-state index contributed by atoms with van der Waals surface area (Å²) in [6, 6.07) is 4.90. The van der Waals surface area contributed by atoms with Gasteiger partial charge in [-0.1, -0.05) is 37.3 Å². The maximum Gasteiger partial charge on any atom is 0.460 e. The molecule has 1 aromatic rings. The van der Waals surface area contributed by atoms with E-state index in [1.54, 1.807) is 0 Å². The van der Waals surface area contributed by atoms with E-state index in [1.807, 2.05) is 0 Å². The van der Waals surface area contributed by atoms with Gasteiger partial charge in [0.2, 0.25) is 0 Å². The van der Waals surface area contributed by atoms with Gasteiger partial charge in [0.05, 0.1) is 0 Å². The van der Waals surface area contributed by atoms with Gasteiger partial charge in [0.25, 0.3) is 0 Å². The SMILES string of the molecule is CC(c1ccccc1)C(O)C(F)(F)C(F)(F)C(F)(F)C(F)(F)C(F)(F)C(F)(F)C(F)(F)C(F)(F)F. The smallest absolute Gasteiger partial charge is 0.386 e. The Kier molecular flexibility index (Phi) is 7.57. The Balaban J connectivity index is 3.63. The molecule has 35 heavy (non-hydrogen) atoms. The van der Waals surface area contributed by atoms with Crippen molar-refractivity contribution in [1.82, 2.24) is 0 Å². The average Bonchev–Trinajstić information content (AvgIpc) is 2.71. The van der Waals surface area contributed by atoms with E-state index in [2.05, 4.69) is 0 Å². The van der Waals surface area contributed by atoms with Gasteiger partial charge in [-0.05, 0) is 5.56 Å². The van der Waals surface area contributed by atoms with Crippen LogP contribution in [-0.4, -0.2) is 58.8 Å². The second-order valence-corrected chi connectivity index (χ2v) is 7.21. The molecule has 0 aliphatic carbocycles. The van der Waals surface area contributed by atoms with E-state index in [4.69, 9.17) is 0 Å². The molecule has 0 radical (unpaired) electrons. The van der Waals surface area contributed by atoms with E-state index in [1.165, 1.54) is 6.07 Å². The topological polar surface area (TPSA) is 20.2 Å². The Hall–Kier alpha value is -2.01. The normalized spacial score (nSPS) is 17.3. The van der Waals surface area contributed by atoms with Crippen LogP contribution in [0.5, 0.6) is 0 Å². The third kappa shape index (κ3) is 4.18. The highest BCUT2D eigenvalue weighted by molar-refractivity contribution is 5.23. The summed E-state index contributed by atoms with van der Waals surface area (Å²) in [4.78, 5) is 0. The zero-order valence-electron chi connectivity index (χ0n) is 16.4. The summed E-state index contributed by atoms with van der Waals surface area (Å²) in [5, 5.41) is 9.45. The molecule has 0 saturated heterocycles. The molecule has 0 heterocycles. The lowest BCUT2D eigenvalue weighted by molar-refractivity contribution is -0.464. The highest BCUT2D eigenvalue weighted by atomic mass is 19.4. The lowest BCUT2D eigenvalue weighted by Crippen LogP contribution is -2.75. The Labute approximate surface area is 183 Å². The second-order valence-electron chi connectivity index (χ2n) is 7.21. The lowest BCUT2D eigenvalue weighted by Gasteiger charge is -2.44. The number of halogens is 17. The van der Waals surface area contributed by atoms with Crippen LogP contribution in [0.2, 0.25) is 0 Å². The number of hydrogen-bond donors (Lipinski definition) is 1. The van der Waals surface area contributed by atoms with Gasteiger partial charge in [0.1, 0.15) is 6.10 Å². The summed E-state index contributed by atoms with van der Waals surface area (Å²) >= 11 is 0. The number of aliphatic hydroxyl groups is 1. The van der Waals surface area contributed by atoms with Gasteiger partial charge < -0.3 is 5.11 Å². The molecule has 2 unspecified atom stereocenters. The molecule has 0 saturated carbocycles. The fourth-order valence-corrected chi connectivity index (χ4v) is 2.61. The van der Waals surface area contributed by atoms with Crippen molar-refractivity contribution in [3.8, 4) is 0 Å². The first-order valence-corrected chi connectivity index (χ1v) is 8.62. The number of rotatable bonds is 9. The van der Waals surface area contributed by atoms with Crippen molar-refractivity contribution in [2.24, 2.45) is 0 Å². The van der Waals surface area contributed by atoms with Crippen LogP contribution in [0, 0.1) is 0 Å². The third-order valence-corrected chi connectivity index (χ3v) is 4.92. The van der Waals surface area contributed by atoms with Crippen LogP contribution in [0.25, 0.3) is 0 Å². The molecule has 0 aromatic heterocycles. The number of hydrogen-bond acceptors (Lipinski definition) is 1. The summed E-state index contributed by atoms with van der Waals surface area (Å²) < 4.78 is 226. The molecule has 0 amide bonds. The minimum Gasteiger partial charge on any atom is -0.386 e. The molecule has 1 nitrogen and oxygen atoms in total. The van der Waals surface area contributed by atoms with Crippen molar-refractivity contribution < 1.29 is 79.7 Å². The summed E-state index contributed by atoms with van der Waals surface area (Å²) in [5.41, 5.74) is -0.535. The van der Waals surface area contributed by atoms with Gasteiger partial charge in [-0.3, -0.25) is 0 Å². The van der Waals surface area contributed by atoms with E-state index < -0.39 is 65.2 Å². The van der Waals surface area contributed by atoms with Crippen LogP contribution in [0.15, 0.2) is 30.3 Å². The van der Waals surface area contributed by atoms with Crippen molar-refractivity contribution in [2.45, 2.75) is 66.6 Å². The maximum atomic E-state index is 14.1. The molecule has 0 fully saturated rings. The van der Waals surface area contributed by atoms with E-state index in [0.717, 1.165) is 24.3 Å². The Morgan fingerprint density at radius 2 is 0.829 bits per heavy atom. The number of benzene rings is 1. The van der Waals surface area contributed by atoms with E-state index in [9.17, 15) is 79.7 Å². The van der Waals surface area contributed by atoms with Crippen LogP contribution < -0.4 is 0 Å². The quantitative estimate of drug-likeness (QED) is 0.322. The molecular weight excluding hydrogens is 543 g/mol. The molecule has 204 valence electrons. The van der Waals surface area contributed by atoms with Crippen LogP contribution >= 0.6 is 0 Å². The van der Waals surface area contributed by atoms with Crippen LogP contribution in [0.1, 0.15) is 18.4 Å². The lowest BCUT2D eigenvalue weighted by atomic mass is 9.83. The Bertz CT molecular complexity index is 874. The van der Waals surface area contributed by atoms with E-state index in [-0.39, 0.29) is 0 Å². The first-order chi connectivity index (χ1) is 15.2. The first kappa shape index (κ1) is 31.0. The third-order valence-electron chi connectivity index (χ3n) is 4.92. The molecule has 2 atom stereocenters. The van der Waals surface area contributed by atoms with Crippen molar-refractivity contribution in [3.63, 3.8) is 0 Å². The highest BCUT2D eigenvalue weighted by Crippen LogP contribution is 2.64. The molecule has 18 heteroatoms. The number of aliphatic hydroxyl groups excluding tert-OH is 1. The van der Waals surface area contributed by atoms with E-state index in [0.29, 0.717) is 6.92 Å². The summed E-state index contributed by atoms with van der Waals surface area (Å²) in [5.74, 6) is -59.7. The second kappa shape index (κ2) is 8.54. The van der Waals surface area contributed by atoms with Gasteiger partial charge in [-0.2, -0.15) is 74.6 Å². The molecule has 0 spiro atoms. The zero-order chi connectivity index (χ0) is 28.3.